The highest BCUT2D eigenvalue weighted by Gasteiger charge is 2.47. The van der Waals surface area contributed by atoms with Crippen molar-refractivity contribution in [3.63, 3.8) is 0 Å². The van der Waals surface area contributed by atoms with Gasteiger partial charge in [0.15, 0.2) is 0 Å². The van der Waals surface area contributed by atoms with Crippen LogP contribution in [0.1, 0.15) is 20.3 Å². The molecule has 0 aromatic carbocycles. The second-order valence-electron chi connectivity index (χ2n) is 3.33. The zero-order valence-electron chi connectivity index (χ0n) is 8.77. The highest BCUT2D eigenvalue weighted by Crippen LogP contribution is 2.19. The number of esters is 1. The fraction of sp³-hybridized carbons (Fsp3) is 0.778. The normalized spacial score (nSPS) is 13.3. The van der Waals surface area contributed by atoms with Gasteiger partial charge in [-0.2, -0.15) is 0 Å². The summed E-state index contributed by atoms with van der Waals surface area (Å²) in [6, 6.07) is 0. The van der Waals surface area contributed by atoms with Gasteiger partial charge in [-0.25, -0.2) is 0 Å². The van der Waals surface area contributed by atoms with Crippen molar-refractivity contribution in [3.05, 3.63) is 0 Å². The van der Waals surface area contributed by atoms with Crippen LogP contribution in [0, 0.1) is 5.41 Å². The second kappa shape index (κ2) is 5.67. The molecule has 0 heterocycles. The molecule has 0 aromatic rings. The largest absolute Gasteiger partial charge is 0.480 e. The second-order valence-corrected chi connectivity index (χ2v) is 3.33. The molecule has 6 nitrogen and oxygen atoms in total. The van der Waals surface area contributed by atoms with E-state index in [1.807, 2.05) is 0 Å². The van der Waals surface area contributed by atoms with Gasteiger partial charge in [0.1, 0.15) is 0 Å². The third-order valence-electron chi connectivity index (χ3n) is 2.22. The minimum Gasteiger partial charge on any atom is -0.480 e. The average Bonchev–Trinajstić information content (AvgIpc) is 2.19. The minimum atomic E-state index is -2.26. The van der Waals surface area contributed by atoms with E-state index in [1.165, 1.54) is 0 Å². The number of rotatable bonds is 6. The van der Waals surface area contributed by atoms with Gasteiger partial charge in [0.2, 0.25) is 5.41 Å². The zero-order valence-corrected chi connectivity index (χ0v) is 8.77. The number of carbonyl (C=O) groups is 2. The van der Waals surface area contributed by atoms with Gasteiger partial charge in [-0.3, -0.25) is 9.59 Å². The Morgan fingerprint density at radius 3 is 2.07 bits per heavy atom. The number of carboxylic acids is 1. The predicted molar refractivity (Wildman–Crippen MR) is 50.1 cm³/mol. The van der Waals surface area contributed by atoms with Crippen molar-refractivity contribution in [1.29, 1.82) is 0 Å². The van der Waals surface area contributed by atoms with Gasteiger partial charge >= 0.3 is 11.9 Å². The molecule has 0 bridgehead atoms. The minimum absolute atomic E-state index is 0.450. The van der Waals surface area contributed by atoms with E-state index in [9.17, 15) is 9.59 Å². The molecule has 0 spiro atoms. The third kappa shape index (κ3) is 2.90. The summed E-state index contributed by atoms with van der Waals surface area (Å²) in [5.74, 6) is -2.71. The number of carbonyl (C=O) groups excluding carboxylic acids is 1. The van der Waals surface area contributed by atoms with E-state index in [0.29, 0.717) is 6.42 Å². The Balaban J connectivity index is 4.78. The molecule has 88 valence electrons. The lowest BCUT2D eigenvalue weighted by atomic mass is 9.90. The molecular weight excluding hydrogens is 204 g/mol. The SMILES string of the molecule is CCC(C)OC(=O)C(CO)(CO)C(=O)O. The average molecular weight is 220 g/mol. The number of aliphatic hydroxyl groups is 2. The molecule has 15 heavy (non-hydrogen) atoms. The Kier molecular flexibility index (Phi) is 5.24. The summed E-state index contributed by atoms with van der Waals surface area (Å²) < 4.78 is 4.77. The number of carboxylic acid groups (broad SMARTS) is 1. The van der Waals surface area contributed by atoms with Crippen LogP contribution in [-0.2, 0) is 14.3 Å². The lowest BCUT2D eigenvalue weighted by Crippen LogP contribution is -2.47. The van der Waals surface area contributed by atoms with Crippen LogP contribution in [0.15, 0.2) is 0 Å². The Bertz CT molecular complexity index is 233. The van der Waals surface area contributed by atoms with E-state index < -0.39 is 36.7 Å². The summed E-state index contributed by atoms with van der Waals surface area (Å²) in [6.45, 7) is 1.37. The first-order valence-corrected chi connectivity index (χ1v) is 4.60. The van der Waals surface area contributed by atoms with E-state index >= 15 is 0 Å². The predicted octanol–water partition coefficient (Wildman–Crippen LogP) is -0.616. The highest BCUT2D eigenvalue weighted by molar-refractivity contribution is 5.99. The molecule has 0 fully saturated rings. The number of ether oxygens (including phenoxy) is 1. The summed E-state index contributed by atoms with van der Waals surface area (Å²) in [6.07, 6.45) is 0.0764. The van der Waals surface area contributed by atoms with Crippen LogP contribution in [0.4, 0.5) is 0 Å². The fourth-order valence-corrected chi connectivity index (χ4v) is 0.781. The molecule has 0 amide bonds. The Labute approximate surface area is 87.5 Å². The van der Waals surface area contributed by atoms with Crippen molar-refractivity contribution >= 4 is 11.9 Å². The van der Waals surface area contributed by atoms with Gasteiger partial charge in [0, 0.05) is 0 Å². The van der Waals surface area contributed by atoms with Crippen LogP contribution in [0.5, 0.6) is 0 Å². The van der Waals surface area contributed by atoms with Crippen LogP contribution in [0.25, 0.3) is 0 Å². The molecule has 3 N–H and O–H groups in total. The van der Waals surface area contributed by atoms with E-state index in [2.05, 4.69) is 0 Å². The highest BCUT2D eigenvalue weighted by atomic mass is 16.5. The summed E-state index contributed by atoms with van der Waals surface area (Å²) in [7, 11) is 0. The van der Waals surface area contributed by atoms with Gasteiger partial charge in [-0.05, 0) is 13.3 Å². The standard InChI is InChI=1S/C9H16O6/c1-3-6(2)15-8(14)9(4-10,5-11)7(12)13/h6,10-11H,3-5H2,1-2H3,(H,12,13). The van der Waals surface area contributed by atoms with E-state index in [4.69, 9.17) is 20.1 Å². The third-order valence-corrected chi connectivity index (χ3v) is 2.22. The Hall–Kier alpha value is -1.14. The van der Waals surface area contributed by atoms with Gasteiger partial charge in [0.05, 0.1) is 19.3 Å². The maximum atomic E-state index is 11.4. The monoisotopic (exact) mass is 220 g/mol. The van der Waals surface area contributed by atoms with Crippen LogP contribution < -0.4 is 0 Å². The first-order valence-electron chi connectivity index (χ1n) is 4.60. The maximum absolute atomic E-state index is 11.4. The van der Waals surface area contributed by atoms with Gasteiger partial charge in [0.25, 0.3) is 0 Å². The van der Waals surface area contributed by atoms with Crippen molar-refractivity contribution in [3.8, 4) is 0 Å². The smallest absolute Gasteiger partial charge is 0.328 e. The lowest BCUT2D eigenvalue weighted by molar-refractivity contribution is -0.178. The maximum Gasteiger partial charge on any atom is 0.328 e. The van der Waals surface area contributed by atoms with E-state index in [0.717, 1.165) is 0 Å². The molecule has 1 unspecified atom stereocenters. The van der Waals surface area contributed by atoms with Crippen LogP contribution in [0.3, 0.4) is 0 Å². The first kappa shape index (κ1) is 13.9. The van der Waals surface area contributed by atoms with Crippen molar-refractivity contribution < 1.29 is 29.6 Å². The van der Waals surface area contributed by atoms with E-state index in [-0.39, 0.29) is 0 Å². The molecule has 0 rings (SSSR count). The summed E-state index contributed by atoms with van der Waals surface area (Å²) in [5, 5.41) is 26.5. The molecular formula is C9H16O6. The molecule has 0 aliphatic heterocycles. The summed E-state index contributed by atoms with van der Waals surface area (Å²) in [4.78, 5) is 22.2. The van der Waals surface area contributed by atoms with E-state index in [1.54, 1.807) is 13.8 Å². The van der Waals surface area contributed by atoms with Crippen molar-refractivity contribution in [2.24, 2.45) is 5.41 Å². The number of hydrogen-bond donors (Lipinski definition) is 3. The first-order chi connectivity index (χ1) is 6.94. The van der Waals surface area contributed by atoms with Crippen molar-refractivity contribution in [2.45, 2.75) is 26.4 Å². The lowest BCUT2D eigenvalue weighted by Gasteiger charge is -2.24. The van der Waals surface area contributed by atoms with Gasteiger partial charge < -0.3 is 20.1 Å². The molecule has 0 aliphatic carbocycles. The molecule has 0 aliphatic rings. The van der Waals surface area contributed by atoms with Crippen molar-refractivity contribution in [2.75, 3.05) is 13.2 Å². The Morgan fingerprint density at radius 1 is 1.33 bits per heavy atom. The fourth-order valence-electron chi connectivity index (χ4n) is 0.781. The number of hydrogen-bond acceptors (Lipinski definition) is 5. The van der Waals surface area contributed by atoms with Gasteiger partial charge in [-0.1, -0.05) is 6.92 Å². The van der Waals surface area contributed by atoms with Crippen molar-refractivity contribution in [1.82, 2.24) is 0 Å². The molecule has 6 heteroatoms. The van der Waals surface area contributed by atoms with Crippen LogP contribution >= 0.6 is 0 Å². The quantitative estimate of drug-likeness (QED) is 0.407. The zero-order chi connectivity index (χ0) is 12.1. The summed E-state index contributed by atoms with van der Waals surface area (Å²) in [5.41, 5.74) is -2.26. The Morgan fingerprint density at radius 2 is 1.80 bits per heavy atom. The van der Waals surface area contributed by atoms with Gasteiger partial charge in [-0.15, -0.1) is 0 Å². The van der Waals surface area contributed by atoms with Crippen LogP contribution in [0.2, 0.25) is 0 Å². The molecule has 0 saturated carbocycles. The number of aliphatic hydroxyl groups excluding tert-OH is 2. The number of aliphatic carboxylic acids is 1. The summed E-state index contributed by atoms with van der Waals surface area (Å²) >= 11 is 0. The molecule has 1 atom stereocenters. The van der Waals surface area contributed by atoms with Crippen LogP contribution in [-0.4, -0.2) is 46.6 Å². The topological polar surface area (TPSA) is 104 Å². The molecule has 0 saturated heterocycles. The molecule has 0 aromatic heterocycles. The molecule has 0 radical (unpaired) electrons.